The number of ether oxygens (including phenoxy) is 1. The summed E-state index contributed by atoms with van der Waals surface area (Å²) in [7, 11) is 0. The van der Waals surface area contributed by atoms with Gasteiger partial charge in [-0.1, -0.05) is 30.3 Å². The molecule has 0 radical (unpaired) electrons. The molecule has 0 bridgehead atoms. The third kappa shape index (κ3) is 3.12. The van der Waals surface area contributed by atoms with E-state index in [1.807, 2.05) is 36.4 Å². The summed E-state index contributed by atoms with van der Waals surface area (Å²) in [5.74, 6) is -1.08. The molecule has 1 saturated heterocycles. The Hall–Kier alpha value is -3.35. The van der Waals surface area contributed by atoms with Gasteiger partial charge in [0, 0.05) is 24.0 Å². The fourth-order valence-electron chi connectivity index (χ4n) is 3.35. The van der Waals surface area contributed by atoms with Crippen LogP contribution in [0.25, 0.3) is 21.7 Å². The second kappa shape index (κ2) is 6.75. The summed E-state index contributed by atoms with van der Waals surface area (Å²) in [6, 6.07) is 11.2. The Kier molecular flexibility index (Phi) is 4.27. The highest BCUT2D eigenvalue weighted by molar-refractivity contribution is 6.08. The van der Waals surface area contributed by atoms with E-state index < -0.39 is 24.0 Å². The van der Waals surface area contributed by atoms with Crippen molar-refractivity contribution in [2.75, 3.05) is 13.1 Å². The molecule has 0 unspecified atom stereocenters. The van der Waals surface area contributed by atoms with Crippen molar-refractivity contribution in [1.29, 1.82) is 0 Å². The van der Waals surface area contributed by atoms with Gasteiger partial charge in [-0.15, -0.1) is 0 Å². The molecule has 0 spiro atoms. The Morgan fingerprint density at radius 1 is 1.26 bits per heavy atom. The van der Waals surface area contributed by atoms with Crippen LogP contribution in [0.15, 0.2) is 47.1 Å². The van der Waals surface area contributed by atoms with Crippen LogP contribution in [0.4, 0.5) is 4.79 Å². The lowest BCUT2D eigenvalue weighted by Crippen LogP contribution is -2.42. The highest BCUT2D eigenvalue weighted by Crippen LogP contribution is 2.30. The number of nitrogens with one attached hydrogen (secondary N) is 1. The van der Waals surface area contributed by atoms with Gasteiger partial charge in [0.1, 0.15) is 5.58 Å². The zero-order chi connectivity index (χ0) is 19.0. The average molecular weight is 366 g/mol. The number of fused-ring (bicyclic) bond motifs is 3. The van der Waals surface area contributed by atoms with Gasteiger partial charge in [0.2, 0.25) is 0 Å². The summed E-state index contributed by atoms with van der Waals surface area (Å²) in [6.45, 7) is 2.14. The van der Waals surface area contributed by atoms with Crippen LogP contribution in [0, 0.1) is 0 Å². The van der Waals surface area contributed by atoms with Gasteiger partial charge in [-0.05, 0) is 23.8 Å². The molecule has 7 heteroatoms. The molecule has 4 rings (SSSR count). The highest BCUT2D eigenvalue weighted by atomic mass is 16.5. The molecule has 1 aromatic heterocycles. The second-order valence-electron chi connectivity index (χ2n) is 6.45. The summed E-state index contributed by atoms with van der Waals surface area (Å²) >= 11 is 0. The summed E-state index contributed by atoms with van der Waals surface area (Å²) < 4.78 is 10.8. The third-order valence-corrected chi connectivity index (χ3v) is 4.65. The maximum atomic E-state index is 12.4. The van der Waals surface area contributed by atoms with Crippen molar-refractivity contribution < 1.29 is 23.5 Å². The van der Waals surface area contributed by atoms with Crippen molar-refractivity contribution in [2.45, 2.75) is 19.4 Å². The van der Waals surface area contributed by atoms with Crippen LogP contribution >= 0.6 is 0 Å². The van der Waals surface area contributed by atoms with Crippen molar-refractivity contribution >= 4 is 39.6 Å². The minimum atomic E-state index is -1.03. The largest absolute Gasteiger partial charge is 0.464 e. The Balaban J connectivity index is 1.52. The third-order valence-electron chi connectivity index (χ3n) is 4.65. The van der Waals surface area contributed by atoms with E-state index in [9.17, 15) is 14.4 Å². The van der Waals surface area contributed by atoms with Crippen LogP contribution in [0.5, 0.6) is 0 Å². The summed E-state index contributed by atoms with van der Waals surface area (Å²) in [4.78, 5) is 37.2. The van der Waals surface area contributed by atoms with Crippen LogP contribution in [0.3, 0.4) is 0 Å². The monoisotopic (exact) mass is 366 g/mol. The number of urea groups is 1. The molecule has 3 amide bonds. The standard InChI is InChI=1S/C20H18N2O5/c1-12(19(24)22-9-8-21-20(22)25)27-17(23)10-14-11-26-16-7-6-13-4-2-3-5-15(13)18(14)16/h2-7,11-12H,8-10H2,1H3,(H,21,25)/t12-/m1/s1. The molecule has 27 heavy (non-hydrogen) atoms. The lowest BCUT2D eigenvalue weighted by Gasteiger charge is -2.18. The fraction of sp³-hybridized carbons (Fsp3) is 0.250. The van der Waals surface area contributed by atoms with E-state index in [0.29, 0.717) is 17.7 Å². The van der Waals surface area contributed by atoms with E-state index in [-0.39, 0.29) is 13.0 Å². The number of imide groups is 1. The van der Waals surface area contributed by atoms with Crippen molar-refractivity contribution in [3.63, 3.8) is 0 Å². The number of esters is 1. The molecular weight excluding hydrogens is 348 g/mol. The number of carbonyl (C=O) groups excluding carboxylic acids is 3. The second-order valence-corrected chi connectivity index (χ2v) is 6.45. The van der Waals surface area contributed by atoms with E-state index in [0.717, 1.165) is 21.1 Å². The Bertz CT molecular complexity index is 1050. The summed E-state index contributed by atoms with van der Waals surface area (Å²) in [5.41, 5.74) is 1.39. The molecule has 1 aliphatic heterocycles. The molecule has 138 valence electrons. The maximum Gasteiger partial charge on any atom is 0.324 e. The van der Waals surface area contributed by atoms with Gasteiger partial charge in [-0.25, -0.2) is 4.79 Å². The van der Waals surface area contributed by atoms with Gasteiger partial charge in [0.05, 0.1) is 12.7 Å². The molecule has 2 aromatic carbocycles. The van der Waals surface area contributed by atoms with Crippen LogP contribution in [-0.2, 0) is 20.7 Å². The van der Waals surface area contributed by atoms with E-state index >= 15 is 0 Å². The Morgan fingerprint density at radius 3 is 2.85 bits per heavy atom. The molecule has 1 fully saturated rings. The quantitative estimate of drug-likeness (QED) is 0.717. The van der Waals surface area contributed by atoms with Crippen molar-refractivity contribution in [2.24, 2.45) is 0 Å². The zero-order valence-electron chi connectivity index (χ0n) is 14.7. The number of benzene rings is 2. The summed E-state index contributed by atoms with van der Waals surface area (Å²) in [5, 5.41) is 5.45. The number of carbonyl (C=O) groups is 3. The molecule has 2 heterocycles. The van der Waals surface area contributed by atoms with Gasteiger partial charge in [0.15, 0.2) is 6.10 Å². The van der Waals surface area contributed by atoms with E-state index in [1.165, 1.54) is 6.92 Å². The van der Waals surface area contributed by atoms with Crippen LogP contribution < -0.4 is 5.32 Å². The number of furan rings is 1. The Labute approximate surface area is 154 Å². The predicted octanol–water partition coefficient (Wildman–Crippen LogP) is 2.61. The van der Waals surface area contributed by atoms with Gasteiger partial charge in [-0.2, -0.15) is 0 Å². The zero-order valence-corrected chi connectivity index (χ0v) is 14.7. The highest BCUT2D eigenvalue weighted by Gasteiger charge is 2.31. The smallest absolute Gasteiger partial charge is 0.324 e. The van der Waals surface area contributed by atoms with Gasteiger partial charge in [-0.3, -0.25) is 14.5 Å². The predicted molar refractivity (Wildman–Crippen MR) is 98.1 cm³/mol. The number of hydrogen-bond acceptors (Lipinski definition) is 5. The molecule has 1 N–H and O–H groups in total. The molecule has 0 saturated carbocycles. The first-order valence-electron chi connectivity index (χ1n) is 8.71. The van der Waals surface area contributed by atoms with E-state index in [4.69, 9.17) is 9.15 Å². The molecular formula is C20H18N2O5. The number of nitrogens with zero attached hydrogens (tertiary/aromatic N) is 1. The average Bonchev–Trinajstić information content (AvgIpc) is 3.27. The molecule has 1 atom stereocenters. The lowest BCUT2D eigenvalue weighted by molar-refractivity contribution is -0.156. The first-order valence-corrected chi connectivity index (χ1v) is 8.71. The summed E-state index contributed by atoms with van der Waals surface area (Å²) in [6.07, 6.45) is 0.486. The lowest BCUT2D eigenvalue weighted by atomic mass is 10.0. The first kappa shape index (κ1) is 17.1. The molecule has 7 nitrogen and oxygen atoms in total. The van der Waals surface area contributed by atoms with Crippen molar-refractivity contribution in [3.8, 4) is 0 Å². The number of hydrogen-bond donors (Lipinski definition) is 1. The van der Waals surface area contributed by atoms with Crippen LogP contribution in [0.2, 0.25) is 0 Å². The SMILES string of the molecule is C[C@@H](OC(=O)Cc1coc2ccc3ccccc3c12)C(=O)N1CCNC1=O. The van der Waals surface area contributed by atoms with Gasteiger partial charge in [0.25, 0.3) is 5.91 Å². The maximum absolute atomic E-state index is 12.4. The van der Waals surface area contributed by atoms with E-state index in [1.54, 1.807) is 6.26 Å². The van der Waals surface area contributed by atoms with Gasteiger partial charge < -0.3 is 14.5 Å². The molecule has 0 aliphatic carbocycles. The van der Waals surface area contributed by atoms with Gasteiger partial charge >= 0.3 is 12.0 Å². The Morgan fingerprint density at radius 2 is 2.07 bits per heavy atom. The van der Waals surface area contributed by atoms with Crippen LogP contribution in [0.1, 0.15) is 12.5 Å². The number of amides is 3. The topological polar surface area (TPSA) is 88.8 Å². The molecule has 3 aromatic rings. The minimum absolute atomic E-state index is 0.0230. The van der Waals surface area contributed by atoms with Crippen molar-refractivity contribution in [3.05, 3.63) is 48.2 Å². The van der Waals surface area contributed by atoms with E-state index in [2.05, 4.69) is 5.32 Å². The van der Waals surface area contributed by atoms with Crippen molar-refractivity contribution in [1.82, 2.24) is 10.2 Å². The molecule has 1 aliphatic rings. The fourth-order valence-corrected chi connectivity index (χ4v) is 3.35. The first-order chi connectivity index (χ1) is 13.0. The number of rotatable bonds is 4. The van der Waals surface area contributed by atoms with Crippen LogP contribution in [-0.4, -0.2) is 42.0 Å². The minimum Gasteiger partial charge on any atom is -0.464 e. The normalized spacial score (nSPS) is 15.1.